The molecule has 4 aliphatic carbocycles. The van der Waals surface area contributed by atoms with E-state index in [9.17, 15) is 4.79 Å². The Balaban J connectivity index is 1.58. The molecule has 0 spiro atoms. The third-order valence-electron chi connectivity index (χ3n) is 8.34. The van der Waals surface area contributed by atoms with Crippen LogP contribution in [0.4, 0.5) is 0 Å². The molecule has 2 heteroatoms. The van der Waals surface area contributed by atoms with Crippen LogP contribution in [0.1, 0.15) is 58.8 Å². The highest BCUT2D eigenvalue weighted by atomic mass is 16.5. The highest BCUT2D eigenvalue weighted by molar-refractivity contribution is 5.74. The van der Waals surface area contributed by atoms with E-state index in [2.05, 4.69) is 38.7 Å². The number of rotatable bonds is 3. The number of allylic oxidation sites excluding steroid dienone is 4. The zero-order valence-electron chi connectivity index (χ0n) is 15.8. The lowest BCUT2D eigenvalue weighted by Gasteiger charge is -2.57. The molecule has 0 amide bonds. The molecule has 3 saturated carbocycles. The topological polar surface area (TPSA) is 26.3 Å². The maximum absolute atomic E-state index is 12.6. The highest BCUT2D eigenvalue weighted by Crippen LogP contribution is 2.66. The fourth-order valence-corrected chi connectivity index (χ4v) is 7.01. The van der Waals surface area contributed by atoms with Gasteiger partial charge in [0.25, 0.3) is 0 Å². The van der Waals surface area contributed by atoms with Crippen LogP contribution in [0.3, 0.4) is 0 Å². The van der Waals surface area contributed by atoms with Gasteiger partial charge in [0, 0.05) is 0 Å². The Morgan fingerprint density at radius 3 is 2.92 bits per heavy atom. The summed E-state index contributed by atoms with van der Waals surface area (Å²) in [5, 5.41) is 0. The molecule has 0 saturated heterocycles. The van der Waals surface area contributed by atoms with Crippen molar-refractivity contribution in [1.29, 1.82) is 0 Å². The first-order valence-electron chi connectivity index (χ1n) is 10.1. The van der Waals surface area contributed by atoms with Crippen LogP contribution in [0.25, 0.3) is 0 Å². The summed E-state index contributed by atoms with van der Waals surface area (Å²) in [6, 6.07) is 0. The van der Waals surface area contributed by atoms with E-state index in [0.717, 1.165) is 18.3 Å². The van der Waals surface area contributed by atoms with E-state index in [1.54, 1.807) is 11.6 Å². The van der Waals surface area contributed by atoms with E-state index in [4.69, 9.17) is 4.74 Å². The first-order valence-corrected chi connectivity index (χ1v) is 10.1. The molecule has 25 heavy (non-hydrogen) atoms. The standard InChI is InChI=1S/C23H32O2/c1-4-15-25-21(24)20-11-10-18-17-9-8-16-7-5-6-13-22(16,2)19(17)12-14-23(18,20)3/h4-7,17-20H,1,8-15H2,2-3H3/t17-,18-,19-,20+,22-,23-/m0/s1. The van der Waals surface area contributed by atoms with Crippen LogP contribution in [-0.4, -0.2) is 12.6 Å². The van der Waals surface area contributed by atoms with Gasteiger partial charge in [-0.15, -0.1) is 0 Å². The molecule has 136 valence electrons. The predicted molar refractivity (Wildman–Crippen MR) is 101 cm³/mol. The van der Waals surface area contributed by atoms with Crippen molar-refractivity contribution in [3.05, 3.63) is 36.5 Å². The van der Waals surface area contributed by atoms with Crippen LogP contribution >= 0.6 is 0 Å². The molecule has 4 aliphatic rings. The molecule has 0 aromatic carbocycles. The van der Waals surface area contributed by atoms with Gasteiger partial charge in [-0.25, -0.2) is 0 Å². The monoisotopic (exact) mass is 340 g/mol. The summed E-state index contributed by atoms with van der Waals surface area (Å²) in [5.74, 6) is 2.38. The smallest absolute Gasteiger partial charge is 0.309 e. The largest absolute Gasteiger partial charge is 0.461 e. The molecule has 2 nitrogen and oxygen atoms in total. The van der Waals surface area contributed by atoms with Crippen molar-refractivity contribution >= 4 is 5.97 Å². The van der Waals surface area contributed by atoms with Crippen molar-refractivity contribution in [1.82, 2.24) is 0 Å². The third-order valence-corrected chi connectivity index (χ3v) is 8.34. The Morgan fingerprint density at radius 1 is 1.28 bits per heavy atom. The lowest BCUT2D eigenvalue weighted by Crippen LogP contribution is -2.50. The van der Waals surface area contributed by atoms with Gasteiger partial charge in [0.05, 0.1) is 5.92 Å². The second-order valence-electron chi connectivity index (χ2n) is 9.25. The highest BCUT2D eigenvalue weighted by Gasteiger charge is 2.60. The van der Waals surface area contributed by atoms with Gasteiger partial charge in [-0.1, -0.05) is 50.3 Å². The van der Waals surface area contributed by atoms with Crippen molar-refractivity contribution in [3.63, 3.8) is 0 Å². The zero-order chi connectivity index (χ0) is 17.7. The molecule has 4 rings (SSSR count). The van der Waals surface area contributed by atoms with E-state index < -0.39 is 0 Å². The predicted octanol–water partition coefficient (Wildman–Crippen LogP) is 5.46. The number of esters is 1. The molecule has 0 radical (unpaired) electrons. The molecule has 6 atom stereocenters. The minimum absolute atomic E-state index is 0.0200. The number of carbonyl (C=O) groups excluding carboxylic acids is 1. The van der Waals surface area contributed by atoms with Crippen LogP contribution < -0.4 is 0 Å². The first kappa shape index (κ1) is 17.1. The van der Waals surface area contributed by atoms with Gasteiger partial charge in [-0.2, -0.15) is 0 Å². The molecule has 0 aromatic rings. The summed E-state index contributed by atoms with van der Waals surface area (Å²) in [6.45, 7) is 8.91. The van der Waals surface area contributed by atoms with Gasteiger partial charge in [0.15, 0.2) is 0 Å². The van der Waals surface area contributed by atoms with E-state index in [1.807, 2.05) is 0 Å². The van der Waals surface area contributed by atoms with Gasteiger partial charge < -0.3 is 4.74 Å². The fourth-order valence-electron chi connectivity index (χ4n) is 7.01. The van der Waals surface area contributed by atoms with Crippen molar-refractivity contribution in [2.24, 2.45) is 34.5 Å². The normalized spacial score (nSPS) is 45.0. The van der Waals surface area contributed by atoms with Gasteiger partial charge in [0.2, 0.25) is 0 Å². The summed E-state index contributed by atoms with van der Waals surface area (Å²) in [5.41, 5.74) is 2.18. The number of ether oxygens (including phenoxy) is 1. The van der Waals surface area contributed by atoms with Gasteiger partial charge in [0.1, 0.15) is 6.61 Å². The van der Waals surface area contributed by atoms with Crippen LogP contribution in [0, 0.1) is 34.5 Å². The Hall–Kier alpha value is -1.31. The van der Waals surface area contributed by atoms with Crippen molar-refractivity contribution < 1.29 is 9.53 Å². The Labute approximate surface area is 152 Å². The van der Waals surface area contributed by atoms with Crippen molar-refractivity contribution in [2.75, 3.05) is 6.61 Å². The molecular formula is C23H32O2. The SMILES string of the molecule is C=CCOC(=O)[C@H]1CC[C@H]2[C@@H]3CCC4=CC=CC[C@]4(C)[C@H]3CC[C@]12C. The minimum Gasteiger partial charge on any atom is -0.461 e. The number of carbonyl (C=O) groups is 1. The summed E-state index contributed by atoms with van der Waals surface area (Å²) in [7, 11) is 0. The Bertz CT molecular complexity index is 630. The molecule has 0 aliphatic heterocycles. The summed E-state index contributed by atoms with van der Waals surface area (Å²) in [4.78, 5) is 12.6. The lowest BCUT2D eigenvalue weighted by molar-refractivity contribution is -0.154. The van der Waals surface area contributed by atoms with Gasteiger partial charge in [-0.3, -0.25) is 4.79 Å². The molecule has 0 bridgehead atoms. The average Bonchev–Trinajstić information content (AvgIpc) is 2.96. The van der Waals surface area contributed by atoms with Crippen LogP contribution in [-0.2, 0) is 9.53 Å². The lowest BCUT2D eigenvalue weighted by atomic mass is 9.47. The van der Waals surface area contributed by atoms with Crippen LogP contribution in [0.2, 0.25) is 0 Å². The maximum Gasteiger partial charge on any atom is 0.309 e. The summed E-state index contributed by atoms with van der Waals surface area (Å²) >= 11 is 0. The Kier molecular flexibility index (Phi) is 4.21. The molecule has 0 N–H and O–H groups in total. The minimum atomic E-state index is 0.0200. The van der Waals surface area contributed by atoms with Crippen molar-refractivity contribution in [3.8, 4) is 0 Å². The van der Waals surface area contributed by atoms with Gasteiger partial charge >= 0.3 is 5.97 Å². The van der Waals surface area contributed by atoms with Gasteiger partial charge in [-0.05, 0) is 73.5 Å². The van der Waals surface area contributed by atoms with E-state index in [-0.39, 0.29) is 17.3 Å². The molecule has 0 unspecified atom stereocenters. The summed E-state index contributed by atoms with van der Waals surface area (Å²) in [6.07, 6.45) is 17.1. The number of hydrogen-bond donors (Lipinski definition) is 0. The maximum atomic E-state index is 12.6. The van der Waals surface area contributed by atoms with E-state index >= 15 is 0 Å². The molecule has 3 fully saturated rings. The third kappa shape index (κ3) is 2.47. The van der Waals surface area contributed by atoms with Crippen molar-refractivity contribution in [2.45, 2.75) is 58.8 Å². The number of hydrogen-bond acceptors (Lipinski definition) is 2. The second kappa shape index (κ2) is 6.14. The molecular weight excluding hydrogens is 308 g/mol. The second-order valence-corrected chi connectivity index (χ2v) is 9.25. The quantitative estimate of drug-likeness (QED) is 0.503. The molecule has 0 heterocycles. The number of fused-ring (bicyclic) bond motifs is 5. The molecule has 0 aromatic heterocycles. The van der Waals surface area contributed by atoms with Crippen LogP contribution in [0.5, 0.6) is 0 Å². The first-order chi connectivity index (χ1) is 12.0. The average molecular weight is 341 g/mol. The van der Waals surface area contributed by atoms with E-state index in [0.29, 0.717) is 17.9 Å². The Morgan fingerprint density at radius 2 is 2.12 bits per heavy atom. The fraction of sp³-hybridized carbons (Fsp3) is 0.696. The summed E-state index contributed by atoms with van der Waals surface area (Å²) < 4.78 is 5.46. The van der Waals surface area contributed by atoms with E-state index in [1.165, 1.54) is 38.5 Å². The van der Waals surface area contributed by atoms with Crippen LogP contribution in [0.15, 0.2) is 36.5 Å². The zero-order valence-corrected chi connectivity index (χ0v) is 15.8.